The van der Waals surface area contributed by atoms with E-state index in [1.165, 1.54) is 17.7 Å². The van der Waals surface area contributed by atoms with Crippen molar-refractivity contribution in [3.8, 4) is 5.75 Å². The van der Waals surface area contributed by atoms with Gasteiger partial charge in [0.2, 0.25) is 5.91 Å². The average molecular weight is 368 g/mol. The Bertz CT molecular complexity index is 794. The zero-order valence-corrected chi connectivity index (χ0v) is 15.4. The van der Waals surface area contributed by atoms with Crippen molar-refractivity contribution in [2.75, 3.05) is 13.7 Å². The molecule has 1 fully saturated rings. The van der Waals surface area contributed by atoms with Gasteiger partial charge in [0.1, 0.15) is 5.75 Å². The van der Waals surface area contributed by atoms with E-state index in [0.29, 0.717) is 6.54 Å². The van der Waals surface area contributed by atoms with E-state index in [0.717, 1.165) is 37.0 Å². The second kappa shape index (κ2) is 8.20. The van der Waals surface area contributed by atoms with Crippen molar-refractivity contribution in [1.29, 1.82) is 0 Å². The number of hydrogen-bond donors (Lipinski definition) is 1. The van der Waals surface area contributed by atoms with Crippen LogP contribution in [0.3, 0.4) is 0 Å². The molecule has 0 saturated heterocycles. The van der Waals surface area contributed by atoms with Gasteiger partial charge in [0.25, 0.3) is 5.69 Å². The maximum absolute atomic E-state index is 12.4. The van der Waals surface area contributed by atoms with Crippen molar-refractivity contribution in [3.05, 3.63) is 69.8 Å². The predicted octanol–water partition coefficient (Wildman–Crippen LogP) is 3.77. The van der Waals surface area contributed by atoms with Gasteiger partial charge in [-0.25, -0.2) is 0 Å². The molecular formula is C21H24N2O4. The molecule has 3 rings (SSSR count). The fourth-order valence-corrected chi connectivity index (χ4v) is 3.82. The second-order valence-electron chi connectivity index (χ2n) is 7.09. The molecule has 0 heterocycles. The minimum Gasteiger partial charge on any atom is -0.497 e. The average Bonchev–Trinajstić information content (AvgIpc) is 3.17. The zero-order valence-electron chi connectivity index (χ0n) is 15.4. The molecule has 2 aromatic rings. The molecule has 0 bridgehead atoms. The molecule has 2 aromatic carbocycles. The number of nitro groups is 1. The van der Waals surface area contributed by atoms with Gasteiger partial charge in [0.15, 0.2) is 0 Å². The van der Waals surface area contributed by atoms with Gasteiger partial charge in [-0.15, -0.1) is 0 Å². The van der Waals surface area contributed by atoms with Crippen LogP contribution in [0.25, 0.3) is 0 Å². The third-order valence-electron chi connectivity index (χ3n) is 5.40. The van der Waals surface area contributed by atoms with Gasteiger partial charge >= 0.3 is 0 Å². The molecule has 0 aliphatic heterocycles. The number of carbonyl (C=O) groups excluding carboxylic acids is 1. The van der Waals surface area contributed by atoms with Crippen molar-refractivity contribution >= 4 is 11.6 Å². The van der Waals surface area contributed by atoms with Crippen LogP contribution in [0.2, 0.25) is 0 Å². The quantitative estimate of drug-likeness (QED) is 0.596. The van der Waals surface area contributed by atoms with E-state index in [1.807, 2.05) is 12.1 Å². The fraction of sp³-hybridized carbons (Fsp3) is 0.381. The SMILES string of the molecule is COc1ccc(C2(CNC(=O)Cc3ccc([N+](=O)[O-])cc3)CCCC2)cc1. The van der Waals surface area contributed by atoms with Gasteiger partial charge in [0, 0.05) is 24.1 Å². The number of methoxy groups -OCH3 is 1. The van der Waals surface area contributed by atoms with Crippen molar-refractivity contribution < 1.29 is 14.5 Å². The second-order valence-corrected chi connectivity index (χ2v) is 7.09. The summed E-state index contributed by atoms with van der Waals surface area (Å²) in [6.07, 6.45) is 4.64. The number of non-ortho nitro benzene ring substituents is 1. The molecule has 1 aliphatic carbocycles. The smallest absolute Gasteiger partial charge is 0.269 e. The van der Waals surface area contributed by atoms with Crippen LogP contribution in [0, 0.1) is 10.1 Å². The summed E-state index contributed by atoms with van der Waals surface area (Å²) >= 11 is 0. The van der Waals surface area contributed by atoms with Gasteiger partial charge < -0.3 is 10.1 Å². The number of rotatable bonds is 7. The molecule has 6 nitrogen and oxygen atoms in total. The van der Waals surface area contributed by atoms with Crippen LogP contribution in [0.15, 0.2) is 48.5 Å². The topological polar surface area (TPSA) is 81.5 Å². The molecule has 6 heteroatoms. The number of nitrogens with zero attached hydrogens (tertiary/aromatic N) is 1. The Hall–Kier alpha value is -2.89. The van der Waals surface area contributed by atoms with Gasteiger partial charge in [-0.3, -0.25) is 14.9 Å². The van der Waals surface area contributed by atoms with Gasteiger partial charge in [0.05, 0.1) is 18.5 Å². The maximum atomic E-state index is 12.4. The molecule has 0 radical (unpaired) electrons. The summed E-state index contributed by atoms with van der Waals surface area (Å²) in [5.41, 5.74) is 2.00. The first-order chi connectivity index (χ1) is 13.0. The summed E-state index contributed by atoms with van der Waals surface area (Å²) in [7, 11) is 1.65. The molecule has 0 aromatic heterocycles. The Labute approximate surface area is 158 Å². The van der Waals surface area contributed by atoms with Gasteiger partial charge in [-0.2, -0.15) is 0 Å². The van der Waals surface area contributed by atoms with E-state index in [1.54, 1.807) is 19.2 Å². The molecule has 142 valence electrons. The summed E-state index contributed by atoms with van der Waals surface area (Å²) < 4.78 is 5.24. The van der Waals surface area contributed by atoms with Crippen LogP contribution >= 0.6 is 0 Å². The van der Waals surface area contributed by atoms with E-state index in [9.17, 15) is 14.9 Å². The van der Waals surface area contributed by atoms with E-state index in [2.05, 4.69) is 17.4 Å². The van der Waals surface area contributed by atoms with E-state index < -0.39 is 4.92 Å². The maximum Gasteiger partial charge on any atom is 0.269 e. The van der Waals surface area contributed by atoms with Crippen molar-refractivity contribution in [2.24, 2.45) is 0 Å². The lowest BCUT2D eigenvalue weighted by Crippen LogP contribution is -2.39. The lowest BCUT2D eigenvalue weighted by Gasteiger charge is -2.30. The van der Waals surface area contributed by atoms with Gasteiger partial charge in [-0.05, 0) is 36.1 Å². The molecule has 1 aliphatic rings. The van der Waals surface area contributed by atoms with E-state index >= 15 is 0 Å². The molecular weight excluding hydrogens is 344 g/mol. The Balaban J connectivity index is 1.63. The number of carbonyl (C=O) groups is 1. The highest BCUT2D eigenvalue weighted by Crippen LogP contribution is 2.41. The van der Waals surface area contributed by atoms with E-state index in [-0.39, 0.29) is 23.4 Å². The Morgan fingerprint density at radius 3 is 2.30 bits per heavy atom. The molecule has 27 heavy (non-hydrogen) atoms. The van der Waals surface area contributed by atoms with Crippen LogP contribution in [0.5, 0.6) is 5.75 Å². The third-order valence-corrected chi connectivity index (χ3v) is 5.40. The first-order valence-corrected chi connectivity index (χ1v) is 9.17. The largest absolute Gasteiger partial charge is 0.497 e. The monoisotopic (exact) mass is 368 g/mol. The van der Waals surface area contributed by atoms with E-state index in [4.69, 9.17) is 4.74 Å². The molecule has 0 unspecified atom stereocenters. The Morgan fingerprint density at radius 2 is 1.74 bits per heavy atom. The Kier molecular flexibility index (Phi) is 5.74. The summed E-state index contributed by atoms with van der Waals surface area (Å²) in [5.74, 6) is 0.762. The lowest BCUT2D eigenvalue weighted by molar-refractivity contribution is -0.384. The highest BCUT2D eigenvalue weighted by molar-refractivity contribution is 5.78. The van der Waals surface area contributed by atoms with Crippen LogP contribution in [0.4, 0.5) is 5.69 Å². The van der Waals surface area contributed by atoms with Crippen LogP contribution in [-0.2, 0) is 16.6 Å². The van der Waals surface area contributed by atoms with Crippen molar-refractivity contribution in [3.63, 3.8) is 0 Å². The highest BCUT2D eigenvalue weighted by atomic mass is 16.6. The third kappa shape index (κ3) is 4.45. The molecule has 1 N–H and O–H groups in total. The van der Waals surface area contributed by atoms with Crippen LogP contribution in [-0.4, -0.2) is 24.5 Å². The highest BCUT2D eigenvalue weighted by Gasteiger charge is 2.35. The molecule has 0 spiro atoms. The number of amides is 1. The number of hydrogen-bond acceptors (Lipinski definition) is 4. The van der Waals surface area contributed by atoms with Gasteiger partial charge in [-0.1, -0.05) is 37.1 Å². The minimum absolute atomic E-state index is 0.0304. The normalized spacial score (nSPS) is 15.3. The van der Waals surface area contributed by atoms with Crippen molar-refractivity contribution in [2.45, 2.75) is 37.5 Å². The number of nitro benzene ring substituents is 1. The summed E-state index contributed by atoms with van der Waals surface area (Å²) in [4.78, 5) is 22.7. The van der Waals surface area contributed by atoms with Crippen LogP contribution in [0.1, 0.15) is 36.8 Å². The predicted molar refractivity (Wildman–Crippen MR) is 103 cm³/mol. The minimum atomic E-state index is -0.442. The number of nitrogens with one attached hydrogen (secondary N) is 1. The summed E-state index contributed by atoms with van der Waals surface area (Å²) in [6, 6.07) is 14.2. The fourth-order valence-electron chi connectivity index (χ4n) is 3.82. The molecule has 1 amide bonds. The first-order valence-electron chi connectivity index (χ1n) is 9.17. The summed E-state index contributed by atoms with van der Waals surface area (Å²) in [6.45, 7) is 0.602. The first kappa shape index (κ1) is 18.9. The number of ether oxygens (including phenoxy) is 1. The Morgan fingerprint density at radius 1 is 1.11 bits per heavy atom. The van der Waals surface area contributed by atoms with Crippen LogP contribution < -0.4 is 10.1 Å². The molecule has 0 atom stereocenters. The van der Waals surface area contributed by atoms with Crippen molar-refractivity contribution in [1.82, 2.24) is 5.32 Å². The standard InChI is InChI=1S/C21H24N2O4/c1-27-19-10-6-17(7-11-19)21(12-2-3-13-21)15-22-20(24)14-16-4-8-18(9-5-16)23(25)26/h4-11H,2-3,12-15H2,1H3,(H,22,24). The summed E-state index contributed by atoms with van der Waals surface area (Å²) in [5, 5.41) is 13.8. The lowest BCUT2D eigenvalue weighted by atomic mass is 9.78. The molecule has 1 saturated carbocycles. The zero-order chi connectivity index (χ0) is 19.3. The number of benzene rings is 2.